The summed E-state index contributed by atoms with van der Waals surface area (Å²) in [6, 6.07) is 16.1. The molecule has 1 atom stereocenters. The van der Waals surface area contributed by atoms with Crippen molar-refractivity contribution in [2.75, 3.05) is 25.7 Å². The van der Waals surface area contributed by atoms with E-state index in [4.69, 9.17) is 9.47 Å². The van der Waals surface area contributed by atoms with Crippen molar-refractivity contribution >= 4 is 5.69 Å². The van der Waals surface area contributed by atoms with Gasteiger partial charge in [-0.2, -0.15) is 5.26 Å². The molecule has 0 N–H and O–H groups in total. The van der Waals surface area contributed by atoms with E-state index >= 15 is 0 Å². The van der Waals surface area contributed by atoms with Crippen LogP contribution in [0.25, 0.3) is 0 Å². The maximum Gasteiger partial charge on any atom is 0.161 e. The maximum atomic E-state index is 9.70. The first kappa shape index (κ1) is 14.3. The van der Waals surface area contributed by atoms with Crippen LogP contribution in [0, 0.1) is 11.3 Å². The van der Waals surface area contributed by atoms with Gasteiger partial charge in [-0.05, 0) is 41.8 Å². The Morgan fingerprint density at radius 2 is 1.77 bits per heavy atom. The van der Waals surface area contributed by atoms with Crippen molar-refractivity contribution in [2.45, 2.75) is 12.5 Å². The van der Waals surface area contributed by atoms with Gasteiger partial charge in [0.25, 0.3) is 0 Å². The highest BCUT2D eigenvalue weighted by molar-refractivity contribution is 5.58. The first-order valence-corrected chi connectivity index (χ1v) is 7.24. The summed E-state index contributed by atoms with van der Waals surface area (Å²) < 4.78 is 10.7. The van der Waals surface area contributed by atoms with Gasteiger partial charge < -0.3 is 14.4 Å². The van der Waals surface area contributed by atoms with E-state index in [1.54, 1.807) is 14.2 Å². The Hall–Kier alpha value is -2.67. The number of fused-ring (bicyclic) bond motifs is 1. The van der Waals surface area contributed by atoms with Crippen LogP contribution < -0.4 is 14.4 Å². The summed E-state index contributed by atoms with van der Waals surface area (Å²) in [4.78, 5) is 2.13. The summed E-state index contributed by atoms with van der Waals surface area (Å²) in [5.74, 6) is 1.38. The number of hydrogen-bond donors (Lipinski definition) is 0. The molecule has 4 heteroatoms. The van der Waals surface area contributed by atoms with Gasteiger partial charge in [0, 0.05) is 12.2 Å². The van der Waals surface area contributed by atoms with Crippen LogP contribution in [0.5, 0.6) is 11.5 Å². The van der Waals surface area contributed by atoms with Crippen LogP contribution in [0.2, 0.25) is 0 Å². The van der Waals surface area contributed by atoms with Crippen molar-refractivity contribution in [1.82, 2.24) is 0 Å². The highest BCUT2D eigenvalue weighted by atomic mass is 16.5. The first-order valence-electron chi connectivity index (χ1n) is 7.24. The summed E-state index contributed by atoms with van der Waals surface area (Å²) >= 11 is 0. The molecular formula is C18H18N2O2. The predicted octanol–water partition coefficient (Wildman–Crippen LogP) is 3.33. The van der Waals surface area contributed by atoms with E-state index in [0.29, 0.717) is 11.5 Å². The highest BCUT2D eigenvalue weighted by Crippen LogP contribution is 2.39. The Labute approximate surface area is 130 Å². The van der Waals surface area contributed by atoms with Crippen LogP contribution in [0.1, 0.15) is 17.2 Å². The lowest BCUT2D eigenvalue weighted by atomic mass is 9.92. The largest absolute Gasteiger partial charge is 0.493 e. The zero-order valence-corrected chi connectivity index (χ0v) is 12.7. The second-order valence-electron chi connectivity index (χ2n) is 5.22. The van der Waals surface area contributed by atoms with Crippen LogP contribution in [0.4, 0.5) is 5.69 Å². The number of hydrogen-bond acceptors (Lipinski definition) is 4. The normalized spacial score (nSPS) is 16.6. The lowest BCUT2D eigenvalue weighted by molar-refractivity contribution is 0.353. The molecule has 0 spiro atoms. The summed E-state index contributed by atoms with van der Waals surface area (Å²) in [5.41, 5.74) is 3.21. The molecule has 0 saturated heterocycles. The molecule has 1 unspecified atom stereocenters. The Morgan fingerprint density at radius 1 is 1.09 bits per heavy atom. The van der Waals surface area contributed by atoms with Gasteiger partial charge >= 0.3 is 0 Å². The number of benzene rings is 2. The Bertz CT molecular complexity index is 707. The fourth-order valence-corrected chi connectivity index (χ4v) is 2.98. The lowest BCUT2D eigenvalue weighted by Gasteiger charge is -2.35. The summed E-state index contributed by atoms with van der Waals surface area (Å²) in [7, 11) is 3.24. The molecule has 1 aliphatic rings. The van der Waals surface area contributed by atoms with E-state index in [2.05, 4.69) is 11.0 Å². The SMILES string of the molecule is COc1cc2c(cc1OC)C(C#N)N(c1ccccc1)CC2. The van der Waals surface area contributed by atoms with E-state index in [1.807, 2.05) is 42.5 Å². The average molecular weight is 294 g/mol. The Balaban J connectivity index is 2.06. The fourth-order valence-electron chi connectivity index (χ4n) is 2.98. The zero-order chi connectivity index (χ0) is 15.5. The minimum atomic E-state index is -0.314. The van der Waals surface area contributed by atoms with Crippen molar-refractivity contribution < 1.29 is 9.47 Å². The van der Waals surface area contributed by atoms with Gasteiger partial charge in [0.1, 0.15) is 6.04 Å². The number of ether oxygens (including phenoxy) is 2. The van der Waals surface area contributed by atoms with Gasteiger partial charge in [-0.15, -0.1) is 0 Å². The van der Waals surface area contributed by atoms with Gasteiger partial charge in [0.2, 0.25) is 0 Å². The molecule has 112 valence electrons. The van der Waals surface area contributed by atoms with Gasteiger partial charge in [-0.25, -0.2) is 0 Å². The molecule has 1 heterocycles. The van der Waals surface area contributed by atoms with E-state index < -0.39 is 0 Å². The number of methoxy groups -OCH3 is 2. The molecule has 1 aliphatic heterocycles. The third-order valence-electron chi connectivity index (χ3n) is 4.08. The van der Waals surface area contributed by atoms with Crippen LogP contribution in [0.3, 0.4) is 0 Å². The third kappa shape index (κ3) is 2.35. The number of nitriles is 1. The van der Waals surface area contributed by atoms with Crippen LogP contribution in [-0.2, 0) is 6.42 Å². The van der Waals surface area contributed by atoms with Crippen LogP contribution in [0.15, 0.2) is 42.5 Å². The molecule has 4 nitrogen and oxygen atoms in total. The standard InChI is InChI=1S/C18H18N2O2/c1-21-17-10-13-8-9-20(14-6-4-3-5-7-14)16(12-19)15(13)11-18(17)22-2/h3-7,10-11,16H,8-9H2,1-2H3. The van der Waals surface area contributed by atoms with Gasteiger partial charge in [0.05, 0.1) is 20.3 Å². The Morgan fingerprint density at radius 3 is 2.41 bits per heavy atom. The van der Waals surface area contributed by atoms with Crippen molar-refractivity contribution in [3.8, 4) is 17.6 Å². The van der Waals surface area contributed by atoms with Crippen molar-refractivity contribution in [2.24, 2.45) is 0 Å². The molecule has 2 aromatic carbocycles. The molecule has 3 rings (SSSR count). The van der Waals surface area contributed by atoms with E-state index in [9.17, 15) is 5.26 Å². The fraction of sp³-hybridized carbons (Fsp3) is 0.278. The van der Waals surface area contributed by atoms with Gasteiger partial charge in [-0.3, -0.25) is 0 Å². The molecular weight excluding hydrogens is 276 g/mol. The third-order valence-corrected chi connectivity index (χ3v) is 4.08. The Kier molecular flexibility index (Phi) is 3.88. The number of anilines is 1. The van der Waals surface area contributed by atoms with E-state index in [-0.39, 0.29) is 6.04 Å². The quantitative estimate of drug-likeness (QED) is 0.871. The molecule has 2 aromatic rings. The molecule has 0 radical (unpaired) electrons. The molecule has 0 amide bonds. The smallest absolute Gasteiger partial charge is 0.161 e. The molecule has 0 fully saturated rings. The highest BCUT2D eigenvalue weighted by Gasteiger charge is 2.29. The van der Waals surface area contributed by atoms with Gasteiger partial charge in [0.15, 0.2) is 11.5 Å². The molecule has 0 aromatic heterocycles. The summed E-state index contributed by atoms with van der Waals surface area (Å²) in [6.45, 7) is 0.810. The van der Waals surface area contributed by atoms with E-state index in [0.717, 1.165) is 29.8 Å². The number of rotatable bonds is 3. The molecule has 0 saturated carbocycles. The van der Waals surface area contributed by atoms with Crippen LogP contribution >= 0.6 is 0 Å². The second-order valence-corrected chi connectivity index (χ2v) is 5.22. The van der Waals surface area contributed by atoms with E-state index in [1.165, 1.54) is 0 Å². The lowest BCUT2D eigenvalue weighted by Crippen LogP contribution is -2.34. The van der Waals surface area contributed by atoms with Crippen molar-refractivity contribution in [1.29, 1.82) is 5.26 Å². The molecule has 0 aliphatic carbocycles. The van der Waals surface area contributed by atoms with Crippen LogP contribution in [-0.4, -0.2) is 20.8 Å². The van der Waals surface area contributed by atoms with Crippen molar-refractivity contribution in [3.63, 3.8) is 0 Å². The maximum absolute atomic E-state index is 9.70. The summed E-state index contributed by atoms with van der Waals surface area (Å²) in [5, 5.41) is 9.70. The predicted molar refractivity (Wildman–Crippen MR) is 85.4 cm³/mol. The zero-order valence-electron chi connectivity index (χ0n) is 12.7. The minimum absolute atomic E-state index is 0.314. The first-order chi connectivity index (χ1) is 10.8. The molecule has 22 heavy (non-hydrogen) atoms. The number of nitrogens with zero attached hydrogens (tertiary/aromatic N) is 2. The topological polar surface area (TPSA) is 45.5 Å². The summed E-state index contributed by atoms with van der Waals surface area (Å²) in [6.07, 6.45) is 0.878. The second kappa shape index (κ2) is 5.98. The monoisotopic (exact) mass is 294 g/mol. The van der Waals surface area contributed by atoms with Gasteiger partial charge in [-0.1, -0.05) is 18.2 Å². The minimum Gasteiger partial charge on any atom is -0.493 e. The number of para-hydroxylation sites is 1. The average Bonchev–Trinajstić information content (AvgIpc) is 2.60. The molecule has 0 bridgehead atoms. The van der Waals surface area contributed by atoms with Crippen molar-refractivity contribution in [3.05, 3.63) is 53.6 Å².